The number of ketones is 1. The molecule has 0 aromatic carbocycles. The van der Waals surface area contributed by atoms with Gasteiger partial charge in [0.05, 0.1) is 11.3 Å². The van der Waals surface area contributed by atoms with Crippen molar-refractivity contribution in [1.82, 2.24) is 0 Å². The van der Waals surface area contributed by atoms with Gasteiger partial charge in [0.25, 0.3) is 0 Å². The fourth-order valence-electron chi connectivity index (χ4n) is 2.45. The van der Waals surface area contributed by atoms with Crippen molar-refractivity contribution in [2.75, 3.05) is 12.9 Å². The van der Waals surface area contributed by atoms with E-state index in [2.05, 4.69) is 13.8 Å². The van der Waals surface area contributed by atoms with Gasteiger partial charge in [-0.05, 0) is 23.2 Å². The van der Waals surface area contributed by atoms with Crippen LogP contribution in [-0.2, 0) is 11.2 Å². The van der Waals surface area contributed by atoms with Gasteiger partial charge in [-0.15, -0.1) is 23.1 Å². The maximum Gasteiger partial charge on any atom is 0.348 e. The lowest BCUT2D eigenvalue weighted by atomic mass is 9.74. The zero-order valence-corrected chi connectivity index (χ0v) is 13.3. The van der Waals surface area contributed by atoms with Gasteiger partial charge in [-0.1, -0.05) is 20.8 Å². The molecule has 0 unspecified atom stereocenters. The van der Waals surface area contributed by atoms with Crippen LogP contribution in [0.25, 0.3) is 0 Å². The topological polar surface area (TPSA) is 43.4 Å². The molecular weight excluding hydrogens is 280 g/mol. The Kier molecular flexibility index (Phi) is 4.06. The fourth-order valence-corrected chi connectivity index (χ4v) is 4.92. The Morgan fingerprint density at radius 1 is 1.42 bits per heavy atom. The van der Waals surface area contributed by atoms with Crippen molar-refractivity contribution in [2.24, 2.45) is 5.41 Å². The fraction of sp³-hybridized carbons (Fsp3) is 0.571. The molecule has 1 heterocycles. The number of rotatable bonds is 3. The summed E-state index contributed by atoms with van der Waals surface area (Å²) in [4.78, 5) is 24.9. The molecule has 1 aromatic heterocycles. The highest BCUT2D eigenvalue weighted by Crippen LogP contribution is 2.45. The van der Waals surface area contributed by atoms with Crippen LogP contribution in [0.1, 0.15) is 52.8 Å². The van der Waals surface area contributed by atoms with Gasteiger partial charge in [0.15, 0.2) is 5.78 Å². The second kappa shape index (κ2) is 5.29. The van der Waals surface area contributed by atoms with E-state index in [1.165, 1.54) is 18.4 Å². The van der Waals surface area contributed by atoms with Crippen molar-refractivity contribution in [1.29, 1.82) is 0 Å². The Morgan fingerprint density at radius 2 is 2.11 bits per heavy atom. The van der Waals surface area contributed by atoms with Crippen molar-refractivity contribution in [3.05, 3.63) is 16.0 Å². The van der Waals surface area contributed by atoms with Gasteiger partial charge in [0, 0.05) is 12.0 Å². The van der Waals surface area contributed by atoms with E-state index in [0.717, 1.165) is 27.5 Å². The number of fused-ring (bicyclic) bond motifs is 1. The third-order valence-corrected chi connectivity index (χ3v) is 5.56. The summed E-state index contributed by atoms with van der Waals surface area (Å²) in [6.45, 7) is 6.18. The summed E-state index contributed by atoms with van der Waals surface area (Å²) in [5, 5.41) is 0. The summed E-state index contributed by atoms with van der Waals surface area (Å²) in [5.41, 5.74) is 1.59. The van der Waals surface area contributed by atoms with E-state index in [-0.39, 0.29) is 17.2 Å². The number of carbonyl (C=O) groups is 2. The van der Waals surface area contributed by atoms with E-state index in [9.17, 15) is 9.59 Å². The summed E-state index contributed by atoms with van der Waals surface area (Å²) in [6, 6.07) is 0. The molecule has 1 aromatic rings. The largest absolute Gasteiger partial charge is 0.465 e. The predicted octanol–water partition coefficient (Wildman–Crippen LogP) is 3.80. The summed E-state index contributed by atoms with van der Waals surface area (Å²) in [6.07, 6.45) is 1.31. The number of esters is 1. The molecular formula is C14H18O3S2. The van der Waals surface area contributed by atoms with Crippen LogP contribution < -0.4 is 0 Å². The molecule has 0 N–H and O–H groups in total. The highest BCUT2D eigenvalue weighted by molar-refractivity contribution is 8.01. The first-order valence-electron chi connectivity index (χ1n) is 6.29. The van der Waals surface area contributed by atoms with Gasteiger partial charge in [-0.2, -0.15) is 0 Å². The second-order valence-electron chi connectivity index (χ2n) is 5.44. The van der Waals surface area contributed by atoms with Crippen molar-refractivity contribution < 1.29 is 14.3 Å². The molecule has 1 aliphatic carbocycles. The molecule has 1 aliphatic rings. The van der Waals surface area contributed by atoms with E-state index in [1.807, 2.05) is 6.92 Å². The summed E-state index contributed by atoms with van der Waals surface area (Å²) >= 11 is 3.04. The molecule has 0 saturated heterocycles. The number of hydrogen-bond acceptors (Lipinski definition) is 5. The highest BCUT2D eigenvalue weighted by atomic mass is 32.2. The first-order chi connectivity index (χ1) is 8.89. The smallest absolute Gasteiger partial charge is 0.348 e. The molecule has 19 heavy (non-hydrogen) atoms. The first-order valence-corrected chi connectivity index (χ1v) is 8.10. The molecule has 0 amide bonds. The normalized spacial score (nSPS) is 17.2. The monoisotopic (exact) mass is 298 g/mol. The Balaban J connectivity index is 2.57. The third-order valence-electron chi connectivity index (χ3n) is 3.19. The van der Waals surface area contributed by atoms with Crippen LogP contribution in [0, 0.1) is 5.41 Å². The van der Waals surface area contributed by atoms with Crippen LogP contribution in [0.2, 0.25) is 0 Å². The predicted molar refractivity (Wildman–Crippen MR) is 78.5 cm³/mol. The number of thioether (sulfide) groups is 1. The minimum atomic E-state index is -0.324. The quantitative estimate of drug-likeness (QED) is 0.629. The maximum atomic E-state index is 12.4. The van der Waals surface area contributed by atoms with Crippen LogP contribution in [0.3, 0.4) is 0 Å². The minimum Gasteiger partial charge on any atom is -0.465 e. The van der Waals surface area contributed by atoms with Crippen molar-refractivity contribution in [2.45, 2.75) is 37.8 Å². The highest BCUT2D eigenvalue weighted by Gasteiger charge is 2.37. The Labute approximate surface area is 121 Å². The molecule has 0 fully saturated rings. The molecule has 0 spiro atoms. The molecule has 0 atom stereocenters. The Hall–Kier alpha value is -0.810. The number of carbonyl (C=O) groups excluding carboxylic acids is 2. The van der Waals surface area contributed by atoms with Gasteiger partial charge in [0.2, 0.25) is 0 Å². The van der Waals surface area contributed by atoms with E-state index >= 15 is 0 Å². The molecule has 5 heteroatoms. The van der Waals surface area contributed by atoms with Gasteiger partial charge in [0.1, 0.15) is 4.88 Å². The average molecular weight is 298 g/mol. The lowest BCUT2D eigenvalue weighted by Crippen LogP contribution is -2.27. The van der Waals surface area contributed by atoms with Crippen LogP contribution in [-0.4, -0.2) is 24.6 Å². The molecule has 104 valence electrons. The second-order valence-corrected chi connectivity index (χ2v) is 7.99. The van der Waals surface area contributed by atoms with Gasteiger partial charge >= 0.3 is 5.97 Å². The van der Waals surface area contributed by atoms with Crippen LogP contribution in [0.15, 0.2) is 4.21 Å². The van der Waals surface area contributed by atoms with Crippen LogP contribution in [0.4, 0.5) is 0 Å². The van der Waals surface area contributed by atoms with Gasteiger partial charge in [-0.25, -0.2) is 4.79 Å². The minimum absolute atomic E-state index is 0.0813. The van der Waals surface area contributed by atoms with E-state index in [0.29, 0.717) is 11.3 Å². The molecule has 0 bridgehead atoms. The molecule has 2 rings (SSSR count). The van der Waals surface area contributed by atoms with E-state index in [4.69, 9.17) is 4.74 Å². The summed E-state index contributed by atoms with van der Waals surface area (Å²) in [7, 11) is 1.39. The number of methoxy groups -OCH3 is 1. The van der Waals surface area contributed by atoms with Crippen molar-refractivity contribution >= 4 is 34.9 Å². The number of ether oxygens (including phenoxy) is 1. The third kappa shape index (κ3) is 2.72. The maximum absolute atomic E-state index is 12.4. The number of Topliss-reactive ketones (excluding diaryl/α,β-unsaturated/α-hetero) is 1. The molecule has 3 nitrogen and oxygen atoms in total. The first kappa shape index (κ1) is 14.6. The van der Waals surface area contributed by atoms with Crippen LogP contribution in [0.5, 0.6) is 0 Å². The lowest BCUT2D eigenvalue weighted by Gasteiger charge is -2.29. The standard InChI is InChI=1S/C14H18O3S2/c1-5-18-13-10-8(11(19-13)12(16)17-4)6-14(2,3)7-9(10)15/h5-7H2,1-4H3. The zero-order chi connectivity index (χ0) is 14.2. The van der Waals surface area contributed by atoms with E-state index < -0.39 is 0 Å². The summed E-state index contributed by atoms with van der Waals surface area (Å²) < 4.78 is 5.82. The number of hydrogen-bond donors (Lipinski definition) is 0. The van der Waals surface area contributed by atoms with Gasteiger partial charge in [-0.3, -0.25) is 4.79 Å². The lowest BCUT2D eigenvalue weighted by molar-refractivity contribution is 0.0604. The average Bonchev–Trinajstić information content (AvgIpc) is 2.66. The van der Waals surface area contributed by atoms with Crippen LogP contribution >= 0.6 is 23.1 Å². The van der Waals surface area contributed by atoms with E-state index in [1.54, 1.807) is 11.8 Å². The SMILES string of the molecule is CCSc1sc(C(=O)OC)c2c1C(=O)CC(C)(C)C2. The van der Waals surface area contributed by atoms with Crippen molar-refractivity contribution in [3.8, 4) is 0 Å². The van der Waals surface area contributed by atoms with Crippen molar-refractivity contribution in [3.63, 3.8) is 0 Å². The molecule has 0 saturated carbocycles. The Morgan fingerprint density at radius 3 is 2.68 bits per heavy atom. The molecule has 0 radical (unpaired) electrons. The summed E-state index contributed by atoms with van der Waals surface area (Å²) in [5.74, 6) is 0.729. The zero-order valence-electron chi connectivity index (χ0n) is 11.7. The number of thiophene rings is 1. The Bertz CT molecular complexity index is 529. The van der Waals surface area contributed by atoms with Gasteiger partial charge < -0.3 is 4.74 Å². The molecule has 0 aliphatic heterocycles.